The van der Waals surface area contributed by atoms with E-state index < -0.39 is 5.97 Å². The molecule has 3 aromatic heterocycles. The molecular weight excluding hydrogens is 575 g/mol. The molecule has 0 fully saturated rings. The molecule has 3 heterocycles. The molecule has 0 bridgehead atoms. The fraction of sp³-hybridized carbons (Fsp3) is 0.370. The predicted molar refractivity (Wildman–Crippen MR) is 154 cm³/mol. The van der Waals surface area contributed by atoms with Crippen LogP contribution >= 0.6 is 34.7 Å². The van der Waals surface area contributed by atoms with Crippen molar-refractivity contribution in [1.29, 1.82) is 0 Å². The van der Waals surface area contributed by atoms with Crippen molar-refractivity contribution in [2.24, 2.45) is 7.05 Å². The smallest absolute Gasteiger partial charge is 0.341 e. The summed E-state index contributed by atoms with van der Waals surface area (Å²) in [6.45, 7) is 5.40. The fourth-order valence-corrected chi connectivity index (χ4v) is 6.94. The average molecular weight is 603 g/mol. The number of rotatable bonds is 8. The minimum atomic E-state index is -0.415. The number of halogens is 2. The highest BCUT2D eigenvalue weighted by molar-refractivity contribution is 7.99. The van der Waals surface area contributed by atoms with Crippen molar-refractivity contribution in [3.8, 4) is 17.2 Å². The number of thioether (sulfide) groups is 1. The maximum Gasteiger partial charge on any atom is 0.341 e. The van der Waals surface area contributed by atoms with Gasteiger partial charge < -0.3 is 10.1 Å². The number of aryl methyl sites for hydroxylation is 3. The lowest BCUT2D eigenvalue weighted by molar-refractivity contribution is -0.113. The van der Waals surface area contributed by atoms with Crippen LogP contribution in [0, 0.1) is 12.7 Å². The first-order chi connectivity index (χ1) is 19.1. The van der Waals surface area contributed by atoms with Crippen molar-refractivity contribution >= 4 is 51.6 Å². The summed E-state index contributed by atoms with van der Waals surface area (Å²) in [7, 11) is 1.75. The van der Waals surface area contributed by atoms with Crippen molar-refractivity contribution in [3.63, 3.8) is 0 Å². The van der Waals surface area contributed by atoms with E-state index in [9.17, 15) is 14.0 Å². The zero-order chi connectivity index (χ0) is 28.6. The van der Waals surface area contributed by atoms with Gasteiger partial charge in [0, 0.05) is 17.6 Å². The number of hydrogen-bond acceptors (Lipinski definition) is 8. The second-order valence-electron chi connectivity index (χ2n) is 9.70. The van der Waals surface area contributed by atoms with E-state index in [0.717, 1.165) is 36.1 Å². The highest BCUT2D eigenvalue weighted by Gasteiger charge is 2.28. The van der Waals surface area contributed by atoms with Gasteiger partial charge >= 0.3 is 5.97 Å². The third-order valence-corrected chi connectivity index (χ3v) is 8.97. The number of carbonyl (C=O) groups is 2. The van der Waals surface area contributed by atoms with E-state index in [1.54, 1.807) is 49.2 Å². The first-order valence-electron chi connectivity index (χ1n) is 12.8. The van der Waals surface area contributed by atoms with E-state index in [4.69, 9.17) is 16.3 Å². The van der Waals surface area contributed by atoms with Gasteiger partial charge in [0.2, 0.25) is 5.91 Å². The third-order valence-electron chi connectivity index (χ3n) is 6.38. The van der Waals surface area contributed by atoms with Gasteiger partial charge in [-0.25, -0.2) is 9.18 Å². The monoisotopic (exact) mass is 602 g/mol. The zero-order valence-corrected chi connectivity index (χ0v) is 24.8. The summed E-state index contributed by atoms with van der Waals surface area (Å²) in [5.41, 5.74) is 3.22. The molecule has 0 aliphatic heterocycles. The van der Waals surface area contributed by atoms with Crippen molar-refractivity contribution in [2.75, 3.05) is 11.1 Å². The van der Waals surface area contributed by atoms with Crippen LogP contribution in [0.2, 0.25) is 5.02 Å². The van der Waals surface area contributed by atoms with Crippen molar-refractivity contribution in [1.82, 2.24) is 24.5 Å². The largest absolute Gasteiger partial charge is 0.459 e. The Morgan fingerprint density at radius 3 is 2.60 bits per heavy atom. The number of aromatic nitrogens is 5. The third kappa shape index (κ3) is 5.65. The summed E-state index contributed by atoms with van der Waals surface area (Å²) in [5, 5.41) is 17.3. The lowest BCUT2D eigenvalue weighted by Crippen LogP contribution is -2.19. The molecule has 0 spiro atoms. The Morgan fingerprint density at radius 2 is 1.93 bits per heavy atom. The van der Waals surface area contributed by atoms with Crippen LogP contribution < -0.4 is 5.32 Å². The summed E-state index contributed by atoms with van der Waals surface area (Å²) in [4.78, 5) is 27.2. The molecule has 0 saturated carbocycles. The second-order valence-corrected chi connectivity index (χ2v) is 12.1. The highest BCUT2D eigenvalue weighted by Crippen LogP contribution is 2.39. The highest BCUT2D eigenvalue weighted by atomic mass is 35.5. The quantitative estimate of drug-likeness (QED) is 0.195. The maximum absolute atomic E-state index is 13.7. The summed E-state index contributed by atoms with van der Waals surface area (Å²) in [6.07, 6.45) is 3.45. The summed E-state index contributed by atoms with van der Waals surface area (Å²) >= 11 is 9.15. The number of ether oxygens (including phenoxy) is 1. The molecule has 210 valence electrons. The van der Waals surface area contributed by atoms with Gasteiger partial charge in [0.15, 0.2) is 11.0 Å². The van der Waals surface area contributed by atoms with Crippen LogP contribution in [-0.2, 0) is 29.4 Å². The SMILES string of the molecule is Cc1nn(C)c(-c2nnc(SCC(=O)Nc3sc4c(c3C(=O)OC(C)C)CCCC4)n2-c2ccc(F)cc2)c1Cl. The fourth-order valence-electron chi connectivity index (χ4n) is 4.65. The lowest BCUT2D eigenvalue weighted by Gasteiger charge is -2.14. The predicted octanol–water partition coefficient (Wildman–Crippen LogP) is 6.01. The molecule has 1 amide bonds. The summed E-state index contributed by atoms with van der Waals surface area (Å²) < 4.78 is 22.5. The Bertz CT molecular complexity index is 1580. The Labute approximate surface area is 244 Å². The van der Waals surface area contributed by atoms with E-state index in [1.807, 2.05) is 0 Å². The van der Waals surface area contributed by atoms with Crippen LogP contribution in [0.15, 0.2) is 29.4 Å². The number of esters is 1. The Kier molecular flexibility index (Phi) is 8.29. The normalized spacial score (nSPS) is 13.0. The van der Waals surface area contributed by atoms with Gasteiger partial charge in [-0.1, -0.05) is 23.4 Å². The number of anilines is 1. The van der Waals surface area contributed by atoms with Crippen LogP contribution in [0.5, 0.6) is 0 Å². The number of nitrogens with zero attached hydrogens (tertiary/aromatic N) is 5. The number of benzene rings is 1. The minimum Gasteiger partial charge on any atom is -0.459 e. The van der Waals surface area contributed by atoms with Crippen molar-refractivity contribution < 1.29 is 18.7 Å². The molecule has 4 aromatic rings. The van der Waals surface area contributed by atoms with E-state index in [1.165, 1.54) is 35.2 Å². The number of thiophene rings is 1. The number of amides is 1. The molecule has 0 radical (unpaired) electrons. The Hall–Kier alpha value is -3.22. The number of nitrogens with one attached hydrogen (secondary N) is 1. The molecule has 40 heavy (non-hydrogen) atoms. The van der Waals surface area contributed by atoms with Crippen molar-refractivity contribution in [2.45, 2.75) is 57.7 Å². The van der Waals surface area contributed by atoms with Crippen LogP contribution in [0.25, 0.3) is 17.2 Å². The molecule has 1 N–H and O–H groups in total. The molecule has 1 aliphatic carbocycles. The topological polar surface area (TPSA) is 104 Å². The van der Waals surface area contributed by atoms with Gasteiger partial charge in [0.1, 0.15) is 16.5 Å². The average Bonchev–Trinajstić information content (AvgIpc) is 3.55. The number of carbonyl (C=O) groups excluding carboxylic acids is 2. The van der Waals surface area contributed by atoms with E-state index in [0.29, 0.717) is 43.6 Å². The molecular formula is C27H28ClFN6O3S2. The molecule has 1 aromatic carbocycles. The number of fused-ring (bicyclic) bond motifs is 1. The summed E-state index contributed by atoms with van der Waals surface area (Å²) in [5.74, 6) is -0.689. The molecule has 1 aliphatic rings. The van der Waals surface area contributed by atoms with Gasteiger partial charge in [0.05, 0.1) is 28.1 Å². The zero-order valence-electron chi connectivity index (χ0n) is 22.5. The molecule has 5 rings (SSSR count). The minimum absolute atomic E-state index is 0.00128. The number of hydrogen-bond donors (Lipinski definition) is 1. The molecule has 9 nitrogen and oxygen atoms in total. The second kappa shape index (κ2) is 11.7. The summed E-state index contributed by atoms with van der Waals surface area (Å²) in [6, 6.07) is 5.89. The van der Waals surface area contributed by atoms with Crippen LogP contribution in [0.3, 0.4) is 0 Å². The van der Waals surface area contributed by atoms with Crippen LogP contribution in [0.1, 0.15) is 53.2 Å². The first kappa shape index (κ1) is 28.3. The maximum atomic E-state index is 13.7. The van der Waals surface area contributed by atoms with Crippen LogP contribution in [0.4, 0.5) is 9.39 Å². The lowest BCUT2D eigenvalue weighted by atomic mass is 9.95. The van der Waals surface area contributed by atoms with Gasteiger partial charge in [-0.15, -0.1) is 21.5 Å². The standard InChI is InChI=1S/C27H28ClFN6O3S2/c1-14(2)38-26(37)21-18-7-5-6-8-19(18)40-25(21)30-20(36)13-39-27-32-31-24(23-22(28)15(3)33-34(23)4)35(27)17-11-9-16(29)10-12-17/h9-12,14H,5-8,13H2,1-4H3,(H,30,36). The molecule has 0 unspecified atom stereocenters. The Morgan fingerprint density at radius 1 is 1.20 bits per heavy atom. The van der Waals surface area contributed by atoms with E-state index >= 15 is 0 Å². The van der Waals surface area contributed by atoms with E-state index in [-0.39, 0.29) is 23.6 Å². The Balaban J connectivity index is 1.42. The van der Waals surface area contributed by atoms with Gasteiger partial charge in [-0.3, -0.25) is 14.0 Å². The van der Waals surface area contributed by atoms with Crippen molar-refractivity contribution in [3.05, 3.63) is 56.8 Å². The first-order valence-corrected chi connectivity index (χ1v) is 15.0. The molecule has 13 heteroatoms. The van der Waals surface area contributed by atoms with Gasteiger partial charge in [-0.2, -0.15) is 5.10 Å². The molecule has 0 saturated heterocycles. The van der Waals surface area contributed by atoms with Gasteiger partial charge in [-0.05, 0) is 76.3 Å². The van der Waals surface area contributed by atoms with Crippen LogP contribution in [-0.4, -0.2) is 48.3 Å². The van der Waals surface area contributed by atoms with E-state index in [2.05, 4.69) is 20.6 Å². The van der Waals surface area contributed by atoms with Gasteiger partial charge in [0.25, 0.3) is 0 Å². The molecule has 0 atom stereocenters.